The van der Waals surface area contributed by atoms with E-state index in [0.29, 0.717) is 5.75 Å². The second-order valence-electron chi connectivity index (χ2n) is 4.08. The Labute approximate surface area is 148 Å². The highest BCUT2D eigenvalue weighted by Gasteiger charge is 2.04. The van der Waals surface area contributed by atoms with Crippen LogP contribution in [0.25, 0.3) is 0 Å². The zero-order chi connectivity index (χ0) is 15.2. The molecule has 0 aliphatic carbocycles. The fourth-order valence-electron chi connectivity index (χ4n) is 1.42. The molecule has 1 amide bonds. The number of nitrogens with zero attached hydrogens (tertiary/aromatic N) is 1. The Morgan fingerprint density at radius 2 is 2.05 bits per heavy atom. The van der Waals surface area contributed by atoms with Crippen molar-refractivity contribution in [3.63, 3.8) is 0 Å². The fraction of sp³-hybridized carbons (Fsp3) is 0.143. The van der Waals surface area contributed by atoms with Crippen molar-refractivity contribution >= 4 is 61.5 Å². The Morgan fingerprint density at radius 3 is 2.67 bits per heavy atom. The maximum Gasteiger partial charge on any atom is 0.277 e. The van der Waals surface area contributed by atoms with Gasteiger partial charge in [0.2, 0.25) is 0 Å². The van der Waals surface area contributed by atoms with Crippen LogP contribution in [0.4, 0.5) is 0 Å². The Kier molecular flexibility index (Phi) is 6.19. The van der Waals surface area contributed by atoms with Crippen molar-refractivity contribution in [1.29, 1.82) is 0 Å². The van der Waals surface area contributed by atoms with Crippen molar-refractivity contribution in [2.45, 2.75) is 6.92 Å². The molecule has 2 aromatic rings. The van der Waals surface area contributed by atoms with E-state index in [1.807, 2.05) is 43.3 Å². The first-order chi connectivity index (χ1) is 10.0. The van der Waals surface area contributed by atoms with Gasteiger partial charge in [-0.3, -0.25) is 4.79 Å². The van der Waals surface area contributed by atoms with Gasteiger partial charge in [0.1, 0.15) is 5.75 Å². The maximum absolute atomic E-state index is 11.7. The molecular weight excluding hydrogens is 467 g/mol. The Hall–Kier alpha value is -0.930. The Morgan fingerprint density at radius 1 is 1.33 bits per heavy atom. The molecular formula is C14H12BrIN2O2S. The van der Waals surface area contributed by atoms with Gasteiger partial charge in [0.05, 0.1) is 14.4 Å². The first-order valence-corrected chi connectivity index (χ1v) is 8.70. The summed E-state index contributed by atoms with van der Waals surface area (Å²) >= 11 is 7.16. The highest BCUT2D eigenvalue weighted by atomic mass is 127. The molecule has 1 aromatic carbocycles. The molecule has 1 N–H and O–H groups in total. The summed E-state index contributed by atoms with van der Waals surface area (Å²) in [6, 6.07) is 11.4. The molecule has 4 nitrogen and oxygen atoms in total. The molecule has 0 bridgehead atoms. The van der Waals surface area contributed by atoms with Gasteiger partial charge in [-0.25, -0.2) is 5.43 Å². The van der Waals surface area contributed by atoms with Crippen LogP contribution in [0.15, 0.2) is 45.3 Å². The molecule has 21 heavy (non-hydrogen) atoms. The lowest BCUT2D eigenvalue weighted by Gasteiger charge is -2.05. The molecule has 0 saturated heterocycles. The molecule has 0 spiro atoms. The minimum Gasteiger partial charge on any atom is -0.484 e. The number of carbonyl (C=O) groups is 1. The molecule has 0 fully saturated rings. The SMILES string of the molecule is C/C(=N/NC(=O)COc1ccc(I)cc1)c1ccc(Br)s1. The predicted octanol–water partition coefficient (Wildman–Crippen LogP) is 4.03. The molecule has 0 unspecified atom stereocenters. The molecule has 1 heterocycles. The van der Waals surface area contributed by atoms with E-state index in [9.17, 15) is 4.79 Å². The average Bonchev–Trinajstić information content (AvgIpc) is 2.91. The summed E-state index contributed by atoms with van der Waals surface area (Å²) in [5.41, 5.74) is 3.24. The highest BCUT2D eigenvalue weighted by Crippen LogP contribution is 2.22. The number of nitrogens with one attached hydrogen (secondary N) is 1. The van der Waals surface area contributed by atoms with Gasteiger partial charge in [0.15, 0.2) is 6.61 Å². The lowest BCUT2D eigenvalue weighted by molar-refractivity contribution is -0.123. The zero-order valence-electron chi connectivity index (χ0n) is 11.1. The van der Waals surface area contributed by atoms with Crippen molar-refractivity contribution in [1.82, 2.24) is 5.43 Å². The molecule has 0 saturated carbocycles. The van der Waals surface area contributed by atoms with Gasteiger partial charge in [-0.1, -0.05) is 0 Å². The number of rotatable bonds is 5. The lowest BCUT2D eigenvalue weighted by Crippen LogP contribution is -2.25. The first kappa shape index (κ1) is 16.4. The van der Waals surface area contributed by atoms with Crippen LogP contribution in [0.2, 0.25) is 0 Å². The summed E-state index contributed by atoms with van der Waals surface area (Å²) in [5, 5.41) is 4.06. The van der Waals surface area contributed by atoms with E-state index in [1.54, 1.807) is 11.3 Å². The van der Waals surface area contributed by atoms with E-state index in [0.717, 1.165) is 17.9 Å². The van der Waals surface area contributed by atoms with Crippen LogP contribution in [-0.2, 0) is 4.79 Å². The number of carbonyl (C=O) groups excluding carboxylic acids is 1. The maximum atomic E-state index is 11.7. The smallest absolute Gasteiger partial charge is 0.277 e. The van der Waals surface area contributed by atoms with Crippen LogP contribution in [0, 0.1) is 3.57 Å². The van der Waals surface area contributed by atoms with Crippen LogP contribution in [0.1, 0.15) is 11.8 Å². The predicted molar refractivity (Wildman–Crippen MR) is 97.0 cm³/mol. The number of ether oxygens (including phenoxy) is 1. The molecule has 0 aliphatic heterocycles. The van der Waals surface area contributed by atoms with Crippen molar-refractivity contribution in [2.24, 2.45) is 5.10 Å². The van der Waals surface area contributed by atoms with Crippen LogP contribution in [0.3, 0.4) is 0 Å². The molecule has 0 atom stereocenters. The van der Waals surface area contributed by atoms with E-state index in [4.69, 9.17) is 4.74 Å². The third-order valence-corrected chi connectivity index (χ3v) is 4.91. The third-order valence-electron chi connectivity index (χ3n) is 2.46. The topological polar surface area (TPSA) is 50.7 Å². The first-order valence-electron chi connectivity index (χ1n) is 6.02. The monoisotopic (exact) mass is 478 g/mol. The van der Waals surface area contributed by atoms with Crippen LogP contribution < -0.4 is 10.2 Å². The van der Waals surface area contributed by atoms with E-state index in [-0.39, 0.29) is 12.5 Å². The fourth-order valence-corrected chi connectivity index (χ4v) is 3.11. The zero-order valence-corrected chi connectivity index (χ0v) is 15.7. The number of hydrogen-bond acceptors (Lipinski definition) is 4. The standard InChI is InChI=1S/C14H12BrIN2O2S/c1-9(12-6-7-13(15)21-12)17-18-14(19)8-20-11-4-2-10(16)3-5-11/h2-7H,8H2,1H3,(H,18,19)/b17-9-. The lowest BCUT2D eigenvalue weighted by atomic mass is 10.3. The summed E-state index contributed by atoms with van der Waals surface area (Å²) in [5.74, 6) is 0.372. The van der Waals surface area contributed by atoms with Crippen LogP contribution in [0.5, 0.6) is 5.75 Å². The minimum atomic E-state index is -0.288. The van der Waals surface area contributed by atoms with Crippen molar-refractivity contribution in [2.75, 3.05) is 6.61 Å². The van der Waals surface area contributed by atoms with Gasteiger partial charge in [0.25, 0.3) is 5.91 Å². The highest BCUT2D eigenvalue weighted by molar-refractivity contribution is 14.1. The summed E-state index contributed by atoms with van der Waals surface area (Å²) in [7, 11) is 0. The second-order valence-corrected chi connectivity index (χ2v) is 7.79. The van der Waals surface area contributed by atoms with Gasteiger partial charge < -0.3 is 4.74 Å². The molecule has 0 aliphatic rings. The summed E-state index contributed by atoms with van der Waals surface area (Å²) < 4.78 is 7.52. The summed E-state index contributed by atoms with van der Waals surface area (Å²) in [6.07, 6.45) is 0. The molecule has 1 aromatic heterocycles. The molecule has 110 valence electrons. The number of amides is 1. The summed E-state index contributed by atoms with van der Waals surface area (Å²) in [4.78, 5) is 12.7. The number of hydrazone groups is 1. The van der Waals surface area contributed by atoms with Gasteiger partial charge in [-0.2, -0.15) is 5.10 Å². The Balaban J connectivity index is 1.83. The van der Waals surface area contributed by atoms with Gasteiger partial charge in [-0.15, -0.1) is 11.3 Å². The molecule has 0 radical (unpaired) electrons. The third kappa shape index (κ3) is 5.40. The quantitative estimate of drug-likeness (QED) is 0.400. The molecule has 7 heteroatoms. The number of hydrogen-bond donors (Lipinski definition) is 1. The minimum absolute atomic E-state index is 0.0640. The number of thiophene rings is 1. The van der Waals surface area contributed by atoms with Crippen molar-refractivity contribution in [3.8, 4) is 5.75 Å². The van der Waals surface area contributed by atoms with Crippen LogP contribution >= 0.6 is 49.9 Å². The van der Waals surface area contributed by atoms with Crippen LogP contribution in [-0.4, -0.2) is 18.2 Å². The average molecular weight is 479 g/mol. The van der Waals surface area contributed by atoms with Crippen molar-refractivity contribution in [3.05, 3.63) is 48.6 Å². The summed E-state index contributed by atoms with van der Waals surface area (Å²) in [6.45, 7) is 1.78. The van der Waals surface area contributed by atoms with E-state index in [1.165, 1.54) is 0 Å². The van der Waals surface area contributed by atoms with Gasteiger partial charge in [-0.05, 0) is 81.8 Å². The van der Waals surface area contributed by atoms with Gasteiger partial charge >= 0.3 is 0 Å². The Bertz CT molecular complexity index is 655. The second kappa shape index (κ2) is 7.90. The van der Waals surface area contributed by atoms with E-state index < -0.39 is 0 Å². The van der Waals surface area contributed by atoms with E-state index in [2.05, 4.69) is 49.0 Å². The van der Waals surface area contributed by atoms with E-state index >= 15 is 0 Å². The van der Waals surface area contributed by atoms with Gasteiger partial charge in [0, 0.05) is 3.57 Å². The number of halogens is 2. The largest absolute Gasteiger partial charge is 0.484 e. The molecule has 2 rings (SSSR count). The normalized spacial score (nSPS) is 11.3. The number of benzene rings is 1. The van der Waals surface area contributed by atoms with Crippen molar-refractivity contribution < 1.29 is 9.53 Å².